The van der Waals surface area contributed by atoms with E-state index in [2.05, 4.69) is 11.8 Å². The van der Waals surface area contributed by atoms with E-state index in [9.17, 15) is 0 Å². The van der Waals surface area contributed by atoms with Crippen LogP contribution >= 0.6 is 11.8 Å². The monoisotopic (exact) mass is 143 g/mol. The molecule has 9 heavy (non-hydrogen) atoms. The van der Waals surface area contributed by atoms with Gasteiger partial charge in [0.15, 0.2) is 0 Å². The van der Waals surface area contributed by atoms with Crippen molar-refractivity contribution < 1.29 is 0 Å². The van der Waals surface area contributed by atoms with Gasteiger partial charge < -0.3 is 5.73 Å². The molecule has 1 heterocycles. The molecular weight excluding hydrogens is 130 g/mol. The number of thioether (sulfide) groups is 1. The van der Waals surface area contributed by atoms with E-state index in [1.807, 2.05) is 0 Å². The van der Waals surface area contributed by atoms with Crippen LogP contribution in [0.1, 0.15) is 6.42 Å². The lowest BCUT2D eigenvalue weighted by Crippen LogP contribution is -2.02. The number of nitrogens with two attached hydrogens (primary N) is 1. The highest BCUT2D eigenvalue weighted by molar-refractivity contribution is 7.99. The fourth-order valence-electron chi connectivity index (χ4n) is 1.98. The van der Waals surface area contributed by atoms with Crippen molar-refractivity contribution in [3.8, 4) is 0 Å². The lowest BCUT2D eigenvalue weighted by atomic mass is 10.2. The molecule has 2 unspecified atom stereocenters. The van der Waals surface area contributed by atoms with Crippen LogP contribution in [0.5, 0.6) is 0 Å². The maximum Gasteiger partial charge on any atom is -0.00332 e. The summed E-state index contributed by atoms with van der Waals surface area (Å²) < 4.78 is 0. The van der Waals surface area contributed by atoms with Gasteiger partial charge in [-0.05, 0) is 42.2 Å². The smallest absolute Gasteiger partial charge is 0.00332 e. The molecular formula is C7H13NS. The first-order chi connectivity index (χ1) is 4.43. The fourth-order valence-corrected chi connectivity index (χ4v) is 3.65. The van der Waals surface area contributed by atoms with Crippen molar-refractivity contribution in [3.63, 3.8) is 0 Å². The van der Waals surface area contributed by atoms with Crippen LogP contribution in [-0.2, 0) is 0 Å². The molecule has 1 saturated heterocycles. The molecule has 0 aromatic carbocycles. The first-order valence-corrected chi connectivity index (χ1v) is 4.87. The van der Waals surface area contributed by atoms with E-state index >= 15 is 0 Å². The van der Waals surface area contributed by atoms with Crippen LogP contribution in [0.3, 0.4) is 0 Å². The maximum absolute atomic E-state index is 5.47. The Hall–Kier alpha value is 0.310. The summed E-state index contributed by atoms with van der Waals surface area (Å²) in [5, 5.41) is 0. The van der Waals surface area contributed by atoms with E-state index in [1.54, 1.807) is 0 Å². The highest BCUT2D eigenvalue weighted by Gasteiger charge is 2.51. The molecule has 2 aliphatic rings. The van der Waals surface area contributed by atoms with Crippen molar-refractivity contribution in [3.05, 3.63) is 0 Å². The quantitative estimate of drug-likeness (QED) is 0.622. The molecule has 0 bridgehead atoms. The molecule has 0 spiro atoms. The molecule has 52 valence electrons. The highest BCUT2D eigenvalue weighted by atomic mass is 32.2. The number of hydrogen-bond donors (Lipinski definition) is 1. The van der Waals surface area contributed by atoms with Gasteiger partial charge in [0, 0.05) is 0 Å². The van der Waals surface area contributed by atoms with E-state index in [0.717, 1.165) is 24.3 Å². The molecule has 1 nitrogen and oxygen atoms in total. The Balaban J connectivity index is 1.81. The lowest BCUT2D eigenvalue weighted by molar-refractivity contribution is 0.665. The Kier molecular flexibility index (Phi) is 1.46. The lowest BCUT2D eigenvalue weighted by Gasteiger charge is -1.97. The second-order valence-electron chi connectivity index (χ2n) is 3.11. The van der Waals surface area contributed by atoms with E-state index in [-0.39, 0.29) is 0 Å². The normalized spacial score (nSPS) is 47.0. The van der Waals surface area contributed by atoms with Gasteiger partial charge in [-0.3, -0.25) is 0 Å². The van der Waals surface area contributed by atoms with Crippen LogP contribution in [0, 0.1) is 17.8 Å². The molecule has 2 heteroatoms. The first-order valence-electron chi connectivity index (χ1n) is 3.71. The minimum Gasteiger partial charge on any atom is -0.330 e. The standard InChI is InChI=1S/C7H13NS/c8-2-1-5-6-3-9-4-7(5)6/h5-7H,1-4,8H2. The van der Waals surface area contributed by atoms with Crippen LogP contribution in [0.4, 0.5) is 0 Å². The van der Waals surface area contributed by atoms with Gasteiger partial charge in [-0.2, -0.15) is 11.8 Å². The van der Waals surface area contributed by atoms with E-state index in [0.29, 0.717) is 0 Å². The Bertz CT molecular complexity index is 105. The van der Waals surface area contributed by atoms with Gasteiger partial charge in [0.2, 0.25) is 0 Å². The SMILES string of the molecule is NCCC1C2CSCC12. The Morgan fingerprint density at radius 1 is 1.33 bits per heavy atom. The third kappa shape index (κ3) is 0.887. The van der Waals surface area contributed by atoms with Crippen LogP contribution < -0.4 is 5.73 Å². The van der Waals surface area contributed by atoms with Crippen LogP contribution in [0.15, 0.2) is 0 Å². The molecule has 0 radical (unpaired) electrons. The fraction of sp³-hybridized carbons (Fsp3) is 1.00. The van der Waals surface area contributed by atoms with Gasteiger partial charge >= 0.3 is 0 Å². The Morgan fingerprint density at radius 2 is 2.00 bits per heavy atom. The van der Waals surface area contributed by atoms with Gasteiger partial charge in [0.1, 0.15) is 0 Å². The maximum atomic E-state index is 5.47. The summed E-state index contributed by atoms with van der Waals surface area (Å²) in [6.45, 7) is 0.905. The van der Waals surface area contributed by atoms with Crippen molar-refractivity contribution in [1.29, 1.82) is 0 Å². The van der Waals surface area contributed by atoms with Crippen molar-refractivity contribution in [1.82, 2.24) is 0 Å². The summed E-state index contributed by atoms with van der Waals surface area (Å²) in [7, 11) is 0. The summed E-state index contributed by atoms with van der Waals surface area (Å²) in [6.07, 6.45) is 1.29. The van der Waals surface area contributed by atoms with Gasteiger partial charge in [0.05, 0.1) is 0 Å². The zero-order valence-corrected chi connectivity index (χ0v) is 6.36. The second-order valence-corrected chi connectivity index (χ2v) is 4.18. The van der Waals surface area contributed by atoms with Crippen molar-refractivity contribution >= 4 is 11.8 Å². The van der Waals surface area contributed by atoms with E-state index < -0.39 is 0 Å². The van der Waals surface area contributed by atoms with Crippen molar-refractivity contribution in [2.45, 2.75) is 6.42 Å². The molecule has 0 aromatic heterocycles. The molecule has 1 aliphatic carbocycles. The topological polar surface area (TPSA) is 26.0 Å². The second kappa shape index (κ2) is 2.17. The molecule has 0 amide bonds. The van der Waals surface area contributed by atoms with Gasteiger partial charge in [-0.1, -0.05) is 0 Å². The highest BCUT2D eigenvalue weighted by Crippen LogP contribution is 2.56. The summed E-state index contributed by atoms with van der Waals surface area (Å²) in [4.78, 5) is 0. The van der Waals surface area contributed by atoms with Crippen molar-refractivity contribution in [2.75, 3.05) is 18.1 Å². The number of fused-ring (bicyclic) bond motifs is 1. The number of hydrogen-bond acceptors (Lipinski definition) is 2. The van der Waals surface area contributed by atoms with Gasteiger partial charge in [0.25, 0.3) is 0 Å². The van der Waals surface area contributed by atoms with Crippen LogP contribution in [0.25, 0.3) is 0 Å². The van der Waals surface area contributed by atoms with Crippen LogP contribution in [-0.4, -0.2) is 18.1 Å². The largest absolute Gasteiger partial charge is 0.330 e. The van der Waals surface area contributed by atoms with Crippen LogP contribution in [0.2, 0.25) is 0 Å². The van der Waals surface area contributed by atoms with E-state index in [4.69, 9.17) is 5.73 Å². The zero-order chi connectivity index (χ0) is 6.27. The first kappa shape index (κ1) is 6.05. The summed E-state index contributed by atoms with van der Waals surface area (Å²) in [6, 6.07) is 0. The Morgan fingerprint density at radius 3 is 2.56 bits per heavy atom. The van der Waals surface area contributed by atoms with Gasteiger partial charge in [-0.25, -0.2) is 0 Å². The third-order valence-electron chi connectivity index (χ3n) is 2.63. The number of rotatable bonds is 2. The third-order valence-corrected chi connectivity index (χ3v) is 3.87. The summed E-state index contributed by atoms with van der Waals surface area (Å²) in [5.41, 5.74) is 5.47. The molecule has 1 aliphatic heterocycles. The molecule has 2 fully saturated rings. The predicted molar refractivity (Wildman–Crippen MR) is 41.5 cm³/mol. The summed E-state index contributed by atoms with van der Waals surface area (Å²) >= 11 is 2.12. The zero-order valence-electron chi connectivity index (χ0n) is 5.55. The van der Waals surface area contributed by atoms with Crippen molar-refractivity contribution in [2.24, 2.45) is 23.5 Å². The molecule has 2 rings (SSSR count). The summed E-state index contributed by atoms with van der Waals surface area (Å²) in [5.74, 6) is 6.05. The average molecular weight is 143 g/mol. The molecule has 2 atom stereocenters. The van der Waals surface area contributed by atoms with E-state index in [1.165, 1.54) is 17.9 Å². The Labute approximate surface area is 60.4 Å². The molecule has 1 saturated carbocycles. The molecule has 2 N–H and O–H groups in total. The van der Waals surface area contributed by atoms with Gasteiger partial charge in [-0.15, -0.1) is 0 Å². The average Bonchev–Trinajstić information content (AvgIpc) is 2.39. The molecule has 0 aromatic rings. The minimum absolute atomic E-state index is 0.905. The predicted octanol–water partition coefficient (Wildman–Crippen LogP) is 0.944. The minimum atomic E-state index is 0.905.